The van der Waals surface area contributed by atoms with Gasteiger partial charge in [0.1, 0.15) is 0 Å². The van der Waals surface area contributed by atoms with E-state index in [1.165, 1.54) is 75.3 Å². The quantitative estimate of drug-likeness (QED) is 0.274. The summed E-state index contributed by atoms with van der Waals surface area (Å²) in [7, 11) is 0. The second-order valence-corrected chi connectivity index (χ2v) is 10.7. The molecule has 2 heterocycles. The monoisotopic (exact) mass is 451 g/mol. The molecule has 0 N–H and O–H groups in total. The average Bonchev–Trinajstić information content (AvgIpc) is 3.43. The van der Waals surface area contributed by atoms with Gasteiger partial charge in [0.05, 0.1) is 0 Å². The van der Waals surface area contributed by atoms with Crippen LogP contribution in [0.15, 0.2) is 79.4 Å². The van der Waals surface area contributed by atoms with E-state index in [4.69, 9.17) is 0 Å². The van der Waals surface area contributed by atoms with Crippen molar-refractivity contribution in [3.05, 3.63) is 101 Å². The Balaban J connectivity index is 1.40. The molecule has 0 amide bonds. The minimum atomic E-state index is 0.869. The van der Waals surface area contributed by atoms with Gasteiger partial charge in [-0.05, 0) is 73.5 Å². The zero-order chi connectivity index (χ0) is 22.8. The van der Waals surface area contributed by atoms with Gasteiger partial charge in [-0.15, -0.1) is 11.3 Å². The van der Waals surface area contributed by atoms with E-state index in [-0.39, 0.29) is 0 Å². The number of rotatable bonds is 7. The van der Waals surface area contributed by atoms with Crippen molar-refractivity contribution in [2.75, 3.05) is 19.6 Å². The summed E-state index contributed by atoms with van der Waals surface area (Å²) in [6.07, 6.45) is 3.75. The fourth-order valence-electron chi connectivity index (χ4n) is 5.00. The lowest BCUT2D eigenvalue weighted by molar-refractivity contribution is 0.323. The highest BCUT2D eigenvalue weighted by Gasteiger charge is 2.19. The summed E-state index contributed by atoms with van der Waals surface area (Å²) in [5.74, 6) is 0.869. The Labute approximate surface area is 202 Å². The molecule has 1 unspecified atom stereocenters. The van der Waals surface area contributed by atoms with Crippen molar-refractivity contribution < 1.29 is 0 Å². The van der Waals surface area contributed by atoms with Crippen LogP contribution in [0.1, 0.15) is 41.3 Å². The number of likely N-dealkylation sites (tertiary alicyclic amines) is 1. The summed E-state index contributed by atoms with van der Waals surface area (Å²) < 4.78 is 1.32. The van der Waals surface area contributed by atoms with Crippen LogP contribution in [-0.2, 0) is 6.42 Å². The molecule has 1 saturated heterocycles. The van der Waals surface area contributed by atoms with E-state index in [1.54, 1.807) is 0 Å². The van der Waals surface area contributed by atoms with E-state index >= 15 is 0 Å². The van der Waals surface area contributed by atoms with Crippen LogP contribution in [0.3, 0.4) is 0 Å². The lowest BCUT2D eigenvalue weighted by Crippen LogP contribution is -2.21. The molecule has 33 heavy (non-hydrogen) atoms. The van der Waals surface area contributed by atoms with Crippen molar-refractivity contribution in [2.45, 2.75) is 33.1 Å². The average molecular weight is 452 g/mol. The minimum absolute atomic E-state index is 0.869. The molecule has 1 fully saturated rings. The first kappa shape index (κ1) is 22.1. The molecule has 0 bridgehead atoms. The molecule has 4 aromatic rings. The van der Waals surface area contributed by atoms with E-state index in [2.05, 4.69) is 98.1 Å². The fraction of sp³-hybridized carbons (Fsp3) is 0.290. The lowest BCUT2D eigenvalue weighted by atomic mass is 9.95. The maximum atomic E-state index is 4.51. The Bertz CT molecular complexity index is 1250. The van der Waals surface area contributed by atoms with Gasteiger partial charge in [-0.2, -0.15) is 0 Å². The summed E-state index contributed by atoms with van der Waals surface area (Å²) >= 11 is 1.85. The van der Waals surface area contributed by atoms with Crippen LogP contribution in [0.5, 0.6) is 0 Å². The molecule has 1 aliphatic heterocycles. The maximum absolute atomic E-state index is 4.51. The second kappa shape index (κ2) is 9.67. The summed E-state index contributed by atoms with van der Waals surface area (Å²) in [6, 6.07) is 26.8. The third-order valence-corrected chi connectivity index (χ3v) is 8.19. The fourth-order valence-corrected chi connectivity index (χ4v) is 6.22. The van der Waals surface area contributed by atoms with Gasteiger partial charge >= 0.3 is 0 Å². The zero-order valence-electron chi connectivity index (χ0n) is 19.8. The molecule has 3 aromatic carbocycles. The zero-order valence-corrected chi connectivity index (χ0v) is 20.6. The molecule has 2 heteroatoms. The highest BCUT2D eigenvalue weighted by atomic mass is 32.1. The van der Waals surface area contributed by atoms with Gasteiger partial charge in [-0.1, -0.05) is 85.8 Å². The molecule has 1 atom stereocenters. The van der Waals surface area contributed by atoms with E-state index in [1.807, 2.05) is 11.3 Å². The number of thiophene rings is 1. The molecule has 1 aromatic heterocycles. The Kier molecular flexibility index (Phi) is 6.48. The van der Waals surface area contributed by atoms with E-state index in [0.29, 0.717) is 0 Å². The first-order valence-electron chi connectivity index (χ1n) is 12.2. The summed E-state index contributed by atoms with van der Waals surface area (Å²) in [6.45, 7) is 12.8. The molecule has 1 aliphatic rings. The Hall–Kier alpha value is -2.68. The molecular formula is C31H33NS. The van der Waals surface area contributed by atoms with Crippen molar-refractivity contribution in [2.24, 2.45) is 5.92 Å². The lowest BCUT2D eigenvalue weighted by Gasteiger charge is -2.15. The summed E-state index contributed by atoms with van der Waals surface area (Å²) in [5.41, 5.74) is 7.62. The Morgan fingerprint density at radius 1 is 1.00 bits per heavy atom. The van der Waals surface area contributed by atoms with Crippen LogP contribution in [0.4, 0.5) is 0 Å². The van der Waals surface area contributed by atoms with Gasteiger partial charge in [0.25, 0.3) is 0 Å². The number of fused-ring (bicyclic) bond motifs is 1. The van der Waals surface area contributed by atoms with E-state index < -0.39 is 0 Å². The topological polar surface area (TPSA) is 3.24 Å². The molecule has 0 spiro atoms. The highest BCUT2D eigenvalue weighted by molar-refractivity contribution is 7.20. The number of hydrogen-bond donors (Lipinski definition) is 0. The van der Waals surface area contributed by atoms with Gasteiger partial charge in [0, 0.05) is 27.1 Å². The SMILES string of the molecule is C=C(c1ccc(C)cc1)c1sc2ccccc2c1-c1ccc(CCCN2CCC(C)C2)cc1. The van der Waals surface area contributed by atoms with Crippen molar-refractivity contribution in [3.8, 4) is 11.1 Å². The second-order valence-electron chi connectivity index (χ2n) is 9.64. The van der Waals surface area contributed by atoms with Gasteiger partial charge in [0.2, 0.25) is 0 Å². The number of hydrogen-bond acceptors (Lipinski definition) is 2. The molecule has 5 rings (SSSR count). The van der Waals surface area contributed by atoms with Crippen LogP contribution in [0, 0.1) is 12.8 Å². The molecule has 0 saturated carbocycles. The molecule has 1 nitrogen and oxygen atoms in total. The third-order valence-electron chi connectivity index (χ3n) is 6.96. The number of benzene rings is 3. The largest absolute Gasteiger partial charge is 0.303 e. The molecule has 0 radical (unpaired) electrons. The van der Waals surface area contributed by atoms with Crippen molar-refractivity contribution in [3.63, 3.8) is 0 Å². The third kappa shape index (κ3) is 4.83. The number of nitrogens with zero attached hydrogens (tertiary/aromatic N) is 1. The number of aryl methyl sites for hydroxylation is 2. The highest BCUT2D eigenvalue weighted by Crippen LogP contribution is 2.43. The van der Waals surface area contributed by atoms with Gasteiger partial charge < -0.3 is 4.90 Å². The summed E-state index contributed by atoms with van der Waals surface area (Å²) in [5, 5.41) is 1.32. The van der Waals surface area contributed by atoms with Crippen molar-refractivity contribution in [1.29, 1.82) is 0 Å². The molecule has 0 aliphatic carbocycles. The van der Waals surface area contributed by atoms with Crippen molar-refractivity contribution in [1.82, 2.24) is 4.90 Å². The van der Waals surface area contributed by atoms with Gasteiger partial charge in [0.15, 0.2) is 0 Å². The maximum Gasteiger partial charge on any atom is 0.0433 e. The normalized spacial score (nSPS) is 16.5. The predicted octanol–water partition coefficient (Wildman–Crippen LogP) is 8.21. The van der Waals surface area contributed by atoms with Crippen molar-refractivity contribution >= 4 is 27.0 Å². The van der Waals surface area contributed by atoms with Crippen LogP contribution in [-0.4, -0.2) is 24.5 Å². The van der Waals surface area contributed by atoms with Gasteiger partial charge in [-0.25, -0.2) is 0 Å². The van der Waals surface area contributed by atoms with Crippen LogP contribution in [0.25, 0.3) is 26.8 Å². The predicted molar refractivity (Wildman–Crippen MR) is 145 cm³/mol. The van der Waals surface area contributed by atoms with Crippen LogP contribution >= 0.6 is 11.3 Å². The Morgan fingerprint density at radius 2 is 1.76 bits per heavy atom. The molecular weight excluding hydrogens is 418 g/mol. The van der Waals surface area contributed by atoms with Crippen LogP contribution in [0.2, 0.25) is 0 Å². The molecule has 168 valence electrons. The first-order chi connectivity index (χ1) is 16.1. The summed E-state index contributed by atoms with van der Waals surface area (Å²) in [4.78, 5) is 3.90. The first-order valence-corrected chi connectivity index (χ1v) is 13.0. The van der Waals surface area contributed by atoms with E-state index in [0.717, 1.165) is 17.9 Å². The standard InChI is InChI=1S/C31H33NS/c1-22-10-14-26(15-11-22)24(3)31-30(28-8-4-5-9-29(28)33-31)27-16-12-25(13-17-27)7-6-19-32-20-18-23(2)21-32/h4-5,8-17,23H,3,6-7,18-21H2,1-2H3. The van der Waals surface area contributed by atoms with E-state index in [9.17, 15) is 0 Å². The van der Waals surface area contributed by atoms with Gasteiger partial charge in [-0.3, -0.25) is 0 Å². The van der Waals surface area contributed by atoms with Crippen LogP contribution < -0.4 is 0 Å². The smallest absolute Gasteiger partial charge is 0.0433 e. The Morgan fingerprint density at radius 3 is 2.48 bits per heavy atom. The minimum Gasteiger partial charge on any atom is -0.303 e.